The van der Waals surface area contributed by atoms with Gasteiger partial charge in [0.25, 0.3) is 0 Å². The fraction of sp³-hybridized carbons (Fsp3) is 0.455. The topological polar surface area (TPSA) is 66.0 Å². The highest BCUT2D eigenvalue weighted by Gasteiger charge is 2.25. The van der Waals surface area contributed by atoms with Crippen LogP contribution in [0, 0.1) is 17.2 Å². The molecule has 0 amide bonds. The van der Waals surface area contributed by atoms with Crippen LogP contribution in [0.2, 0.25) is 0 Å². The van der Waals surface area contributed by atoms with E-state index < -0.39 is 5.97 Å². The smallest absolute Gasteiger partial charge is 0.353 e. The lowest BCUT2D eigenvalue weighted by molar-refractivity contribution is 0.0687. The Bertz CT molecular complexity index is 835. The van der Waals surface area contributed by atoms with Crippen LogP contribution in [0.25, 0.3) is 11.1 Å². The Morgan fingerprint density at radius 3 is 2.42 bits per heavy atom. The molecule has 1 aromatic carbocycles. The van der Waals surface area contributed by atoms with Crippen molar-refractivity contribution >= 4 is 5.97 Å². The van der Waals surface area contributed by atoms with Crippen LogP contribution in [0.3, 0.4) is 0 Å². The van der Waals surface area contributed by atoms with Gasteiger partial charge in [0.1, 0.15) is 11.8 Å². The minimum absolute atomic E-state index is 0.193. The van der Waals surface area contributed by atoms with Gasteiger partial charge in [0.05, 0.1) is 5.56 Å². The molecule has 1 heterocycles. The monoisotopic (exact) mass is 350 g/mol. The molecular formula is C22H26N2O2. The number of carboxylic acid groups (broad SMARTS) is 1. The van der Waals surface area contributed by atoms with E-state index in [0.29, 0.717) is 17.5 Å². The summed E-state index contributed by atoms with van der Waals surface area (Å²) in [5.74, 6) is -0.229. The molecule has 0 radical (unpaired) electrons. The molecule has 0 bridgehead atoms. The van der Waals surface area contributed by atoms with E-state index in [0.717, 1.165) is 23.6 Å². The molecule has 1 aliphatic carbocycles. The molecule has 0 atom stereocenters. The number of nitriles is 1. The van der Waals surface area contributed by atoms with Crippen LogP contribution in [0.5, 0.6) is 0 Å². The normalized spacial score (nSPS) is 15.0. The minimum Gasteiger partial charge on any atom is -0.477 e. The summed E-state index contributed by atoms with van der Waals surface area (Å²) in [5, 5.41) is 19.3. The molecule has 0 aliphatic heterocycles. The van der Waals surface area contributed by atoms with Gasteiger partial charge < -0.3 is 9.67 Å². The van der Waals surface area contributed by atoms with Crippen LogP contribution in [-0.4, -0.2) is 15.6 Å². The van der Waals surface area contributed by atoms with Gasteiger partial charge in [-0.05, 0) is 29.9 Å². The lowest BCUT2D eigenvalue weighted by Gasteiger charge is -2.21. The molecule has 1 fully saturated rings. The number of rotatable bonds is 5. The van der Waals surface area contributed by atoms with Crippen molar-refractivity contribution in [3.8, 4) is 17.2 Å². The summed E-state index contributed by atoms with van der Waals surface area (Å²) in [6.07, 6.45) is 8.36. The summed E-state index contributed by atoms with van der Waals surface area (Å²) in [5.41, 5.74) is 4.09. The van der Waals surface area contributed by atoms with Crippen LogP contribution in [0.1, 0.15) is 66.3 Å². The van der Waals surface area contributed by atoms with Crippen molar-refractivity contribution in [1.82, 2.24) is 4.57 Å². The number of carboxylic acids is 1. The van der Waals surface area contributed by atoms with Crippen LogP contribution >= 0.6 is 0 Å². The first-order valence-electron chi connectivity index (χ1n) is 9.51. The van der Waals surface area contributed by atoms with Gasteiger partial charge in [-0.1, -0.05) is 63.3 Å². The van der Waals surface area contributed by atoms with Gasteiger partial charge in [-0.25, -0.2) is 4.79 Å². The highest BCUT2D eigenvalue weighted by molar-refractivity contribution is 5.97. The molecule has 4 nitrogen and oxygen atoms in total. The number of hydrogen-bond donors (Lipinski definition) is 1. The zero-order valence-corrected chi connectivity index (χ0v) is 15.6. The molecule has 2 aromatic rings. The average Bonchev–Trinajstić information content (AvgIpc) is 2.94. The Labute approximate surface area is 155 Å². The Balaban J connectivity index is 1.96. The second-order valence-corrected chi connectivity index (χ2v) is 7.28. The molecule has 3 rings (SSSR count). The SMILES string of the molecule is CCc1c(C#N)c(-c2ccc(CC3CCCCC3)cc2)c(C(=O)O)n1C. The number of aromatic nitrogens is 1. The van der Waals surface area contributed by atoms with E-state index in [1.165, 1.54) is 37.7 Å². The summed E-state index contributed by atoms with van der Waals surface area (Å²) < 4.78 is 1.64. The van der Waals surface area contributed by atoms with E-state index in [4.69, 9.17) is 0 Å². The van der Waals surface area contributed by atoms with Gasteiger partial charge in [0.2, 0.25) is 0 Å². The zero-order chi connectivity index (χ0) is 18.7. The second-order valence-electron chi connectivity index (χ2n) is 7.28. The third-order valence-electron chi connectivity index (χ3n) is 5.66. The first-order chi connectivity index (χ1) is 12.6. The van der Waals surface area contributed by atoms with E-state index in [9.17, 15) is 15.2 Å². The van der Waals surface area contributed by atoms with Gasteiger partial charge in [0, 0.05) is 18.3 Å². The molecular weight excluding hydrogens is 324 g/mol. The van der Waals surface area contributed by atoms with Gasteiger partial charge >= 0.3 is 5.97 Å². The predicted molar refractivity (Wildman–Crippen MR) is 102 cm³/mol. The Morgan fingerprint density at radius 2 is 1.88 bits per heavy atom. The maximum absolute atomic E-state index is 11.8. The lowest BCUT2D eigenvalue weighted by atomic mass is 9.84. The molecule has 0 spiro atoms. The number of hydrogen-bond acceptors (Lipinski definition) is 2. The van der Waals surface area contributed by atoms with E-state index in [1.54, 1.807) is 11.6 Å². The molecule has 1 saturated carbocycles. The predicted octanol–water partition coefficient (Wildman–Crippen LogP) is 4.95. The second kappa shape index (κ2) is 7.78. The van der Waals surface area contributed by atoms with Crippen molar-refractivity contribution < 1.29 is 9.90 Å². The summed E-state index contributed by atoms with van der Waals surface area (Å²) in [6.45, 7) is 1.94. The van der Waals surface area contributed by atoms with Crippen molar-refractivity contribution in [2.45, 2.75) is 51.9 Å². The Hall–Kier alpha value is -2.54. The molecule has 1 aliphatic rings. The van der Waals surface area contributed by atoms with Crippen LogP contribution < -0.4 is 0 Å². The average molecular weight is 350 g/mol. The molecule has 26 heavy (non-hydrogen) atoms. The molecule has 0 unspecified atom stereocenters. The van der Waals surface area contributed by atoms with Crippen molar-refractivity contribution in [3.05, 3.63) is 46.8 Å². The quantitative estimate of drug-likeness (QED) is 0.830. The summed E-state index contributed by atoms with van der Waals surface area (Å²) in [7, 11) is 1.73. The highest BCUT2D eigenvalue weighted by Crippen LogP contribution is 2.33. The largest absolute Gasteiger partial charge is 0.477 e. The van der Waals surface area contributed by atoms with Crippen LogP contribution in [0.15, 0.2) is 24.3 Å². The molecule has 1 N–H and O–H groups in total. The first-order valence-corrected chi connectivity index (χ1v) is 9.51. The molecule has 1 aromatic heterocycles. The van der Waals surface area contributed by atoms with Crippen molar-refractivity contribution in [1.29, 1.82) is 5.26 Å². The standard InChI is InChI=1S/C22H26N2O2/c1-3-19-18(14-23)20(21(22(25)26)24(19)2)17-11-9-16(10-12-17)13-15-7-5-4-6-8-15/h9-12,15H,3-8,13H2,1-2H3,(H,25,26). The first kappa shape index (κ1) is 18.3. The van der Waals surface area contributed by atoms with Crippen molar-refractivity contribution in [2.24, 2.45) is 13.0 Å². The van der Waals surface area contributed by atoms with Gasteiger partial charge in [0.15, 0.2) is 0 Å². The number of nitrogens with zero attached hydrogens (tertiary/aromatic N) is 2. The van der Waals surface area contributed by atoms with E-state index >= 15 is 0 Å². The van der Waals surface area contributed by atoms with Gasteiger partial charge in [-0.15, -0.1) is 0 Å². The number of carbonyl (C=O) groups is 1. The van der Waals surface area contributed by atoms with E-state index in [-0.39, 0.29) is 5.69 Å². The molecule has 0 saturated heterocycles. The molecule has 136 valence electrons. The fourth-order valence-electron chi connectivity index (χ4n) is 4.33. The summed E-state index contributed by atoms with van der Waals surface area (Å²) >= 11 is 0. The van der Waals surface area contributed by atoms with Crippen molar-refractivity contribution in [3.63, 3.8) is 0 Å². The summed E-state index contributed by atoms with van der Waals surface area (Å²) in [6, 6.07) is 10.4. The Kier molecular flexibility index (Phi) is 5.46. The van der Waals surface area contributed by atoms with E-state index in [2.05, 4.69) is 18.2 Å². The summed E-state index contributed by atoms with van der Waals surface area (Å²) in [4.78, 5) is 11.8. The lowest BCUT2D eigenvalue weighted by Crippen LogP contribution is -2.09. The van der Waals surface area contributed by atoms with Crippen LogP contribution in [-0.2, 0) is 19.9 Å². The third kappa shape index (κ3) is 3.39. The molecule has 4 heteroatoms. The fourth-order valence-corrected chi connectivity index (χ4v) is 4.33. The van der Waals surface area contributed by atoms with Gasteiger partial charge in [-0.3, -0.25) is 0 Å². The minimum atomic E-state index is -0.995. The maximum Gasteiger partial charge on any atom is 0.353 e. The number of benzene rings is 1. The number of aromatic carboxylic acids is 1. The van der Waals surface area contributed by atoms with E-state index in [1.807, 2.05) is 19.1 Å². The third-order valence-corrected chi connectivity index (χ3v) is 5.66. The van der Waals surface area contributed by atoms with Crippen molar-refractivity contribution in [2.75, 3.05) is 0 Å². The Morgan fingerprint density at radius 1 is 1.23 bits per heavy atom. The van der Waals surface area contributed by atoms with Gasteiger partial charge in [-0.2, -0.15) is 5.26 Å². The van der Waals surface area contributed by atoms with Crippen LogP contribution in [0.4, 0.5) is 0 Å². The highest BCUT2D eigenvalue weighted by atomic mass is 16.4. The maximum atomic E-state index is 11.8. The zero-order valence-electron chi connectivity index (χ0n) is 15.6.